The summed E-state index contributed by atoms with van der Waals surface area (Å²) in [5.74, 6) is 0.0814. The first-order valence-corrected chi connectivity index (χ1v) is 6.08. The largest absolute Gasteiger partial charge is 0.305 e. The van der Waals surface area contributed by atoms with Gasteiger partial charge in [0.2, 0.25) is 5.78 Å². The highest BCUT2D eigenvalue weighted by Gasteiger charge is 2.28. The minimum absolute atomic E-state index is 0.0814. The van der Waals surface area contributed by atoms with E-state index in [1.165, 1.54) is 0 Å². The predicted molar refractivity (Wildman–Crippen MR) is 71.7 cm³/mol. The van der Waals surface area contributed by atoms with Crippen LogP contribution in [0.25, 0.3) is 16.6 Å². The Morgan fingerprint density at radius 2 is 1.83 bits per heavy atom. The SMILES string of the molecule is O=C1c2ccccc2-n2c1cc1ccc(Cl)cc12. The molecule has 1 aromatic heterocycles. The smallest absolute Gasteiger partial charge is 0.211 e. The van der Waals surface area contributed by atoms with Crippen LogP contribution in [0.5, 0.6) is 0 Å². The van der Waals surface area contributed by atoms with Crippen LogP contribution in [-0.2, 0) is 0 Å². The van der Waals surface area contributed by atoms with Crippen LogP contribution in [0.15, 0.2) is 48.5 Å². The number of rotatable bonds is 0. The molecule has 0 amide bonds. The van der Waals surface area contributed by atoms with Gasteiger partial charge >= 0.3 is 0 Å². The number of carbonyl (C=O) groups excluding carboxylic acids is 1. The molecule has 0 aliphatic carbocycles. The fraction of sp³-hybridized carbons (Fsp3) is 0. The van der Waals surface area contributed by atoms with E-state index in [0.29, 0.717) is 10.7 Å². The highest BCUT2D eigenvalue weighted by Crippen LogP contribution is 2.34. The van der Waals surface area contributed by atoms with Gasteiger partial charge in [-0.05, 0) is 30.3 Å². The van der Waals surface area contributed by atoms with Crippen LogP contribution >= 0.6 is 11.6 Å². The topological polar surface area (TPSA) is 22.0 Å². The zero-order valence-corrected chi connectivity index (χ0v) is 10.1. The molecule has 0 unspecified atom stereocenters. The van der Waals surface area contributed by atoms with Gasteiger partial charge in [0.15, 0.2) is 0 Å². The normalized spacial score (nSPS) is 12.8. The minimum Gasteiger partial charge on any atom is -0.305 e. The van der Waals surface area contributed by atoms with E-state index in [1.54, 1.807) is 0 Å². The number of benzene rings is 2. The van der Waals surface area contributed by atoms with Gasteiger partial charge in [-0.2, -0.15) is 0 Å². The van der Waals surface area contributed by atoms with E-state index >= 15 is 0 Å². The Morgan fingerprint density at radius 3 is 2.72 bits per heavy atom. The molecule has 0 bridgehead atoms. The van der Waals surface area contributed by atoms with Gasteiger partial charge in [-0.25, -0.2) is 0 Å². The Balaban J connectivity index is 2.19. The van der Waals surface area contributed by atoms with Gasteiger partial charge in [-0.15, -0.1) is 0 Å². The van der Waals surface area contributed by atoms with Crippen molar-refractivity contribution in [3.05, 3.63) is 64.8 Å². The van der Waals surface area contributed by atoms with Gasteiger partial charge in [-0.1, -0.05) is 29.8 Å². The van der Waals surface area contributed by atoms with E-state index in [9.17, 15) is 4.79 Å². The Labute approximate surface area is 108 Å². The Kier molecular flexibility index (Phi) is 1.78. The summed E-state index contributed by atoms with van der Waals surface area (Å²) in [5, 5.41) is 1.72. The zero-order chi connectivity index (χ0) is 12.3. The minimum atomic E-state index is 0.0814. The molecule has 18 heavy (non-hydrogen) atoms. The summed E-state index contributed by atoms with van der Waals surface area (Å²) in [6.45, 7) is 0. The highest BCUT2D eigenvalue weighted by molar-refractivity contribution is 6.31. The molecule has 86 valence electrons. The second-order valence-electron chi connectivity index (χ2n) is 4.41. The van der Waals surface area contributed by atoms with E-state index < -0.39 is 0 Å². The van der Waals surface area contributed by atoms with Gasteiger partial charge in [0.25, 0.3) is 0 Å². The van der Waals surface area contributed by atoms with Crippen molar-refractivity contribution in [1.82, 2.24) is 4.57 Å². The zero-order valence-electron chi connectivity index (χ0n) is 9.35. The van der Waals surface area contributed by atoms with Crippen molar-refractivity contribution in [3.63, 3.8) is 0 Å². The third-order valence-electron chi connectivity index (χ3n) is 3.39. The van der Waals surface area contributed by atoms with Crippen molar-refractivity contribution >= 4 is 28.3 Å². The molecule has 3 aromatic rings. The molecular formula is C15H8ClNO. The number of nitrogens with zero attached hydrogens (tertiary/aromatic N) is 1. The summed E-state index contributed by atoms with van der Waals surface area (Å²) < 4.78 is 1.98. The summed E-state index contributed by atoms with van der Waals surface area (Å²) >= 11 is 6.04. The summed E-state index contributed by atoms with van der Waals surface area (Å²) in [6, 6.07) is 15.3. The Morgan fingerprint density at radius 1 is 1.00 bits per heavy atom. The molecule has 0 saturated heterocycles. The third kappa shape index (κ3) is 1.11. The van der Waals surface area contributed by atoms with Gasteiger partial charge in [0.1, 0.15) is 0 Å². The number of para-hydroxylation sites is 1. The maximum atomic E-state index is 12.3. The van der Waals surface area contributed by atoms with E-state index in [2.05, 4.69) is 0 Å². The van der Waals surface area contributed by atoms with Crippen LogP contribution in [0, 0.1) is 0 Å². The molecule has 3 heteroatoms. The molecular weight excluding hydrogens is 246 g/mol. The van der Waals surface area contributed by atoms with Crippen molar-refractivity contribution in [2.24, 2.45) is 0 Å². The molecule has 2 heterocycles. The van der Waals surface area contributed by atoms with Crippen molar-refractivity contribution in [2.45, 2.75) is 0 Å². The first-order chi connectivity index (χ1) is 8.75. The van der Waals surface area contributed by atoms with Gasteiger partial charge in [0, 0.05) is 16.0 Å². The molecule has 1 aliphatic heterocycles. The summed E-state index contributed by atoms with van der Waals surface area (Å²) in [6.07, 6.45) is 0. The fourth-order valence-corrected chi connectivity index (χ4v) is 2.77. The van der Waals surface area contributed by atoms with Crippen molar-refractivity contribution in [1.29, 1.82) is 0 Å². The van der Waals surface area contributed by atoms with Crippen LogP contribution in [0.2, 0.25) is 5.02 Å². The molecule has 0 saturated carbocycles. The molecule has 4 rings (SSSR count). The second-order valence-corrected chi connectivity index (χ2v) is 4.85. The van der Waals surface area contributed by atoms with Crippen LogP contribution in [0.1, 0.15) is 16.1 Å². The first-order valence-electron chi connectivity index (χ1n) is 5.71. The molecule has 2 nitrogen and oxygen atoms in total. The Hall–Kier alpha value is -2.06. The number of aromatic nitrogens is 1. The number of halogens is 1. The van der Waals surface area contributed by atoms with E-state index in [1.807, 2.05) is 53.1 Å². The van der Waals surface area contributed by atoms with Crippen LogP contribution in [0.4, 0.5) is 0 Å². The molecule has 0 fully saturated rings. The van der Waals surface area contributed by atoms with Gasteiger partial charge in [-0.3, -0.25) is 4.79 Å². The molecule has 0 N–H and O–H groups in total. The molecule has 0 spiro atoms. The maximum Gasteiger partial charge on any atom is 0.211 e. The van der Waals surface area contributed by atoms with Crippen molar-refractivity contribution in [3.8, 4) is 5.69 Å². The number of hydrogen-bond donors (Lipinski definition) is 0. The number of hydrogen-bond acceptors (Lipinski definition) is 1. The summed E-state index contributed by atoms with van der Waals surface area (Å²) in [7, 11) is 0. The van der Waals surface area contributed by atoms with Crippen LogP contribution in [-0.4, -0.2) is 10.4 Å². The quantitative estimate of drug-likeness (QED) is 0.467. The lowest BCUT2D eigenvalue weighted by atomic mass is 10.1. The van der Waals surface area contributed by atoms with E-state index in [-0.39, 0.29) is 5.78 Å². The first kappa shape index (κ1) is 9.92. The second kappa shape index (κ2) is 3.24. The lowest BCUT2D eigenvalue weighted by molar-refractivity contribution is 0.104. The van der Waals surface area contributed by atoms with Crippen LogP contribution in [0.3, 0.4) is 0 Å². The molecule has 0 atom stereocenters. The van der Waals surface area contributed by atoms with Gasteiger partial charge in [0.05, 0.1) is 16.9 Å². The lowest BCUT2D eigenvalue weighted by Gasteiger charge is -2.03. The maximum absolute atomic E-state index is 12.3. The number of carbonyl (C=O) groups is 1. The van der Waals surface area contributed by atoms with E-state index in [0.717, 1.165) is 22.2 Å². The average molecular weight is 254 g/mol. The highest BCUT2D eigenvalue weighted by atomic mass is 35.5. The van der Waals surface area contributed by atoms with Crippen LogP contribution < -0.4 is 0 Å². The monoisotopic (exact) mass is 253 g/mol. The predicted octanol–water partition coefficient (Wildman–Crippen LogP) is 3.83. The average Bonchev–Trinajstić information content (AvgIpc) is 2.87. The number of ketones is 1. The third-order valence-corrected chi connectivity index (χ3v) is 3.62. The standard InChI is InChI=1S/C15H8ClNO/c16-10-6-5-9-7-14-15(18)11-3-1-2-4-12(11)17(14)13(9)8-10/h1-8H. The molecule has 2 aromatic carbocycles. The molecule has 0 radical (unpaired) electrons. The lowest BCUT2D eigenvalue weighted by Crippen LogP contribution is -1.94. The van der Waals surface area contributed by atoms with Crippen molar-refractivity contribution < 1.29 is 4.79 Å². The fourth-order valence-electron chi connectivity index (χ4n) is 2.60. The van der Waals surface area contributed by atoms with E-state index in [4.69, 9.17) is 11.6 Å². The van der Waals surface area contributed by atoms with Gasteiger partial charge < -0.3 is 4.57 Å². The Bertz CT molecular complexity index is 816. The summed E-state index contributed by atoms with van der Waals surface area (Å²) in [4.78, 5) is 12.3. The number of fused-ring (bicyclic) bond motifs is 5. The summed E-state index contributed by atoms with van der Waals surface area (Å²) in [5.41, 5.74) is 3.40. The molecule has 1 aliphatic rings. The van der Waals surface area contributed by atoms with Crippen molar-refractivity contribution in [2.75, 3.05) is 0 Å².